The largest absolute Gasteiger partial charge is 0.371 e. The lowest BCUT2D eigenvalue weighted by molar-refractivity contribution is -0.383. The summed E-state index contributed by atoms with van der Waals surface area (Å²) in [5.41, 5.74) is 1.27. The number of pyridine rings is 1. The Morgan fingerprint density at radius 2 is 2.20 bits per heavy atom. The van der Waals surface area contributed by atoms with Crippen LogP contribution in [0.1, 0.15) is 11.6 Å². The van der Waals surface area contributed by atoms with Gasteiger partial charge in [0.1, 0.15) is 5.69 Å². The number of piperazine rings is 1. The average Bonchev–Trinajstić information content (AvgIpc) is 2.67. The van der Waals surface area contributed by atoms with Gasteiger partial charge in [0.05, 0.1) is 17.5 Å². The van der Waals surface area contributed by atoms with Crippen LogP contribution in [0.2, 0.25) is 0 Å². The molecule has 1 aliphatic heterocycles. The highest BCUT2D eigenvalue weighted by atomic mass is 16.6. The second-order valence-corrected chi connectivity index (χ2v) is 5.72. The van der Waals surface area contributed by atoms with Crippen molar-refractivity contribution in [3.05, 3.63) is 64.5 Å². The van der Waals surface area contributed by atoms with E-state index in [0.717, 1.165) is 5.56 Å². The molecule has 2 heterocycles. The summed E-state index contributed by atoms with van der Waals surface area (Å²) in [5, 5.41) is 17.2. The van der Waals surface area contributed by atoms with E-state index in [2.05, 4.69) is 15.6 Å². The maximum Gasteiger partial charge on any atom is 0.292 e. The number of carbonyl (C=O) groups is 1. The Kier molecular flexibility index (Phi) is 5.20. The van der Waals surface area contributed by atoms with Crippen LogP contribution in [-0.4, -0.2) is 46.9 Å². The van der Waals surface area contributed by atoms with Crippen molar-refractivity contribution in [2.75, 3.05) is 31.5 Å². The molecule has 0 aliphatic carbocycles. The van der Waals surface area contributed by atoms with E-state index >= 15 is 0 Å². The van der Waals surface area contributed by atoms with Crippen LogP contribution < -0.4 is 10.6 Å². The van der Waals surface area contributed by atoms with Crippen molar-refractivity contribution in [2.45, 2.75) is 6.04 Å². The number of para-hydroxylation sites is 2. The number of nitrogens with one attached hydrogen (secondary N) is 2. The van der Waals surface area contributed by atoms with Crippen LogP contribution in [0.5, 0.6) is 0 Å². The fourth-order valence-electron chi connectivity index (χ4n) is 2.93. The van der Waals surface area contributed by atoms with Gasteiger partial charge in [-0.25, -0.2) is 0 Å². The molecule has 0 saturated carbocycles. The first kappa shape index (κ1) is 16.8. The zero-order chi connectivity index (χ0) is 17.6. The molecule has 1 aromatic heterocycles. The molecule has 1 aliphatic rings. The number of anilines is 1. The summed E-state index contributed by atoms with van der Waals surface area (Å²) < 4.78 is 0. The SMILES string of the molecule is O=C(CNc1ccccc1[N+](=O)[O-])N1CCNCC1c1cccnc1. The van der Waals surface area contributed by atoms with E-state index in [0.29, 0.717) is 25.3 Å². The van der Waals surface area contributed by atoms with Crippen LogP contribution in [-0.2, 0) is 4.79 Å². The van der Waals surface area contributed by atoms with Crippen molar-refractivity contribution in [1.29, 1.82) is 0 Å². The van der Waals surface area contributed by atoms with Gasteiger partial charge >= 0.3 is 0 Å². The maximum absolute atomic E-state index is 12.7. The molecule has 1 unspecified atom stereocenters. The molecule has 25 heavy (non-hydrogen) atoms. The van der Waals surface area contributed by atoms with Crippen LogP contribution in [0.25, 0.3) is 0 Å². The fourth-order valence-corrected chi connectivity index (χ4v) is 2.93. The average molecular weight is 341 g/mol. The third-order valence-corrected chi connectivity index (χ3v) is 4.16. The first-order valence-corrected chi connectivity index (χ1v) is 8.04. The van der Waals surface area contributed by atoms with Gasteiger partial charge in [-0.15, -0.1) is 0 Å². The van der Waals surface area contributed by atoms with Crippen LogP contribution in [0, 0.1) is 10.1 Å². The molecule has 2 aromatic rings. The summed E-state index contributed by atoms with van der Waals surface area (Å²) in [4.78, 5) is 29.2. The number of amides is 1. The summed E-state index contributed by atoms with van der Waals surface area (Å²) in [5.74, 6) is -0.103. The third-order valence-electron chi connectivity index (χ3n) is 4.16. The fraction of sp³-hybridized carbons (Fsp3) is 0.294. The Balaban J connectivity index is 1.70. The Hall–Kier alpha value is -3.00. The van der Waals surface area contributed by atoms with Gasteiger partial charge < -0.3 is 15.5 Å². The van der Waals surface area contributed by atoms with Crippen LogP contribution in [0.15, 0.2) is 48.8 Å². The zero-order valence-electron chi connectivity index (χ0n) is 13.6. The third kappa shape index (κ3) is 3.92. The molecule has 0 spiro atoms. The molecule has 1 fully saturated rings. The summed E-state index contributed by atoms with van der Waals surface area (Å²) in [6, 6.07) is 10.0. The molecule has 1 saturated heterocycles. The van der Waals surface area contributed by atoms with Gasteiger partial charge in [0, 0.05) is 38.1 Å². The second kappa shape index (κ2) is 7.71. The van der Waals surface area contributed by atoms with E-state index in [4.69, 9.17) is 0 Å². The zero-order valence-corrected chi connectivity index (χ0v) is 13.6. The molecule has 130 valence electrons. The first-order valence-electron chi connectivity index (χ1n) is 8.04. The molecule has 8 nitrogen and oxygen atoms in total. The molecule has 8 heteroatoms. The number of carbonyl (C=O) groups excluding carboxylic acids is 1. The normalized spacial score (nSPS) is 17.1. The first-order chi connectivity index (χ1) is 12.2. The van der Waals surface area contributed by atoms with Gasteiger partial charge in [-0.2, -0.15) is 0 Å². The van der Waals surface area contributed by atoms with Crippen molar-refractivity contribution in [2.24, 2.45) is 0 Å². The van der Waals surface area contributed by atoms with Gasteiger partial charge in [0.25, 0.3) is 5.69 Å². The van der Waals surface area contributed by atoms with Crippen molar-refractivity contribution >= 4 is 17.3 Å². The molecule has 1 atom stereocenters. The minimum Gasteiger partial charge on any atom is -0.371 e. The van der Waals surface area contributed by atoms with E-state index in [-0.39, 0.29) is 24.2 Å². The number of nitro groups is 1. The number of benzene rings is 1. The van der Waals surface area contributed by atoms with Crippen molar-refractivity contribution in [3.8, 4) is 0 Å². The van der Waals surface area contributed by atoms with Crippen LogP contribution in [0.3, 0.4) is 0 Å². The lowest BCUT2D eigenvalue weighted by Crippen LogP contribution is -2.50. The molecular formula is C17H19N5O3. The van der Waals surface area contributed by atoms with Gasteiger partial charge in [-0.05, 0) is 17.7 Å². The number of nitro benzene ring substituents is 1. The van der Waals surface area contributed by atoms with E-state index in [1.807, 2.05) is 12.1 Å². The monoisotopic (exact) mass is 341 g/mol. The lowest BCUT2D eigenvalue weighted by atomic mass is 10.1. The Morgan fingerprint density at radius 1 is 1.36 bits per heavy atom. The summed E-state index contributed by atoms with van der Waals surface area (Å²) in [6.07, 6.45) is 3.45. The molecule has 0 radical (unpaired) electrons. The standard InChI is InChI=1S/C17H19N5O3/c23-17(12-20-14-5-1-2-6-15(14)22(24)25)21-9-8-19-11-16(21)13-4-3-7-18-10-13/h1-7,10,16,19-20H,8-9,11-12H2. The number of rotatable bonds is 5. The second-order valence-electron chi connectivity index (χ2n) is 5.72. The van der Waals surface area contributed by atoms with Crippen LogP contribution in [0.4, 0.5) is 11.4 Å². The van der Waals surface area contributed by atoms with Gasteiger partial charge in [0.15, 0.2) is 0 Å². The van der Waals surface area contributed by atoms with E-state index < -0.39 is 4.92 Å². The Labute approximate surface area is 145 Å². The molecule has 3 rings (SSSR count). The minimum atomic E-state index is -0.462. The quantitative estimate of drug-likeness (QED) is 0.632. The number of aromatic nitrogens is 1. The van der Waals surface area contributed by atoms with Gasteiger partial charge in [0.2, 0.25) is 5.91 Å². The van der Waals surface area contributed by atoms with Gasteiger partial charge in [-0.1, -0.05) is 18.2 Å². The number of hydrogen-bond acceptors (Lipinski definition) is 6. The number of hydrogen-bond donors (Lipinski definition) is 2. The predicted molar refractivity (Wildman–Crippen MR) is 93.1 cm³/mol. The van der Waals surface area contributed by atoms with E-state index in [1.165, 1.54) is 6.07 Å². The molecular weight excluding hydrogens is 322 g/mol. The molecule has 1 amide bonds. The van der Waals surface area contributed by atoms with Crippen molar-refractivity contribution in [1.82, 2.24) is 15.2 Å². The summed E-state index contributed by atoms with van der Waals surface area (Å²) >= 11 is 0. The number of nitrogens with zero attached hydrogens (tertiary/aromatic N) is 3. The predicted octanol–water partition coefficient (Wildman–Crippen LogP) is 1.57. The van der Waals surface area contributed by atoms with Crippen molar-refractivity contribution < 1.29 is 9.72 Å². The Morgan fingerprint density at radius 3 is 2.96 bits per heavy atom. The molecule has 2 N–H and O–H groups in total. The highest BCUT2D eigenvalue weighted by molar-refractivity contribution is 5.82. The highest BCUT2D eigenvalue weighted by Crippen LogP contribution is 2.24. The van der Waals surface area contributed by atoms with Crippen LogP contribution >= 0.6 is 0 Å². The summed E-state index contributed by atoms with van der Waals surface area (Å²) in [6.45, 7) is 1.95. The smallest absolute Gasteiger partial charge is 0.292 e. The Bertz CT molecular complexity index is 753. The topological polar surface area (TPSA) is 100 Å². The lowest BCUT2D eigenvalue weighted by Gasteiger charge is -2.36. The maximum atomic E-state index is 12.7. The molecule has 0 bridgehead atoms. The minimum absolute atomic E-state index is 0.00160. The van der Waals surface area contributed by atoms with Gasteiger partial charge in [-0.3, -0.25) is 19.9 Å². The summed E-state index contributed by atoms with van der Waals surface area (Å²) in [7, 11) is 0. The molecule has 1 aromatic carbocycles. The van der Waals surface area contributed by atoms with Crippen molar-refractivity contribution in [3.63, 3.8) is 0 Å². The highest BCUT2D eigenvalue weighted by Gasteiger charge is 2.28. The van der Waals surface area contributed by atoms with E-state index in [1.54, 1.807) is 35.5 Å². The van der Waals surface area contributed by atoms with E-state index in [9.17, 15) is 14.9 Å².